The monoisotopic (exact) mass is 394 g/mol. The number of rotatable bonds is 5. The van der Waals surface area contributed by atoms with Crippen LogP contribution in [0, 0.1) is 13.8 Å². The first-order valence-electron chi connectivity index (χ1n) is 10.0. The predicted molar refractivity (Wildman–Crippen MR) is 111 cm³/mol. The Hall–Kier alpha value is -3.00. The lowest BCUT2D eigenvalue weighted by Gasteiger charge is -2.26. The lowest BCUT2D eigenvalue weighted by Crippen LogP contribution is -2.29. The highest BCUT2D eigenvalue weighted by atomic mass is 16.3. The van der Waals surface area contributed by atoms with Gasteiger partial charge in [-0.1, -0.05) is 12.1 Å². The summed E-state index contributed by atoms with van der Waals surface area (Å²) in [5.41, 5.74) is 3.97. The van der Waals surface area contributed by atoms with Crippen molar-refractivity contribution in [1.82, 2.24) is 25.5 Å². The number of benzene rings is 1. The molecule has 0 aliphatic heterocycles. The summed E-state index contributed by atoms with van der Waals surface area (Å²) in [6.07, 6.45) is 4.87. The molecule has 0 unspecified atom stereocenters. The van der Waals surface area contributed by atoms with Crippen LogP contribution in [0.3, 0.4) is 0 Å². The molecule has 1 fully saturated rings. The van der Waals surface area contributed by atoms with Crippen LogP contribution in [0.15, 0.2) is 24.4 Å². The van der Waals surface area contributed by atoms with Gasteiger partial charge >= 0.3 is 0 Å². The second-order valence-electron chi connectivity index (χ2n) is 7.68. The quantitative estimate of drug-likeness (QED) is 0.529. The van der Waals surface area contributed by atoms with Crippen LogP contribution in [-0.2, 0) is 6.54 Å². The Balaban J connectivity index is 1.53. The number of hydrogen-bond acceptors (Lipinski definition) is 6. The van der Waals surface area contributed by atoms with E-state index in [1.807, 2.05) is 26.0 Å². The minimum absolute atomic E-state index is 0.180. The van der Waals surface area contributed by atoms with Crippen molar-refractivity contribution >= 4 is 22.8 Å². The first-order chi connectivity index (χ1) is 14.0. The van der Waals surface area contributed by atoms with Gasteiger partial charge in [0, 0.05) is 35.4 Å². The lowest BCUT2D eigenvalue weighted by atomic mass is 9.93. The summed E-state index contributed by atoms with van der Waals surface area (Å²) in [7, 11) is 0. The number of amides is 1. The fourth-order valence-electron chi connectivity index (χ4n) is 3.81. The molecule has 1 aromatic carbocycles. The number of hydrogen-bond donors (Lipinski definition) is 4. The molecular weight excluding hydrogens is 368 g/mol. The van der Waals surface area contributed by atoms with Crippen molar-refractivity contribution in [2.75, 3.05) is 5.32 Å². The number of nitrogens with one attached hydrogen (secondary N) is 3. The van der Waals surface area contributed by atoms with Gasteiger partial charge in [-0.05, 0) is 45.6 Å². The molecule has 8 nitrogen and oxygen atoms in total. The first kappa shape index (κ1) is 19.3. The van der Waals surface area contributed by atoms with Crippen LogP contribution in [0.5, 0.6) is 0 Å². The van der Waals surface area contributed by atoms with Crippen LogP contribution in [0.4, 0.5) is 5.95 Å². The van der Waals surface area contributed by atoms with Crippen molar-refractivity contribution in [3.63, 3.8) is 0 Å². The van der Waals surface area contributed by atoms with Crippen molar-refractivity contribution in [3.8, 4) is 0 Å². The smallest absolute Gasteiger partial charge is 0.253 e. The normalized spacial score (nSPS) is 19.3. The second-order valence-corrected chi connectivity index (χ2v) is 7.68. The van der Waals surface area contributed by atoms with E-state index < -0.39 is 0 Å². The van der Waals surface area contributed by atoms with Gasteiger partial charge in [0.15, 0.2) is 0 Å². The summed E-state index contributed by atoms with van der Waals surface area (Å²) in [5, 5.41) is 23.9. The number of aromatic amines is 1. The molecule has 1 saturated carbocycles. The van der Waals surface area contributed by atoms with E-state index in [0.29, 0.717) is 23.6 Å². The van der Waals surface area contributed by atoms with Gasteiger partial charge in [-0.3, -0.25) is 9.89 Å². The molecule has 0 radical (unpaired) electrons. The molecule has 4 N–H and O–H groups in total. The van der Waals surface area contributed by atoms with Gasteiger partial charge in [-0.15, -0.1) is 0 Å². The molecule has 3 aromatic rings. The Kier molecular flexibility index (Phi) is 5.44. The average Bonchev–Trinajstić information content (AvgIpc) is 3.05. The van der Waals surface area contributed by atoms with E-state index in [1.54, 1.807) is 12.3 Å². The van der Waals surface area contributed by atoms with E-state index >= 15 is 0 Å². The van der Waals surface area contributed by atoms with Gasteiger partial charge < -0.3 is 15.7 Å². The number of carbonyl (C=O) groups is 1. The Labute approximate surface area is 169 Å². The minimum Gasteiger partial charge on any atom is -0.393 e. The van der Waals surface area contributed by atoms with E-state index in [1.165, 1.54) is 0 Å². The van der Waals surface area contributed by atoms with E-state index in [4.69, 9.17) is 0 Å². The largest absolute Gasteiger partial charge is 0.393 e. The molecule has 0 saturated heterocycles. The molecule has 1 aliphatic carbocycles. The minimum atomic E-state index is -0.205. The molecular formula is C21H26N6O2. The molecule has 1 amide bonds. The molecule has 152 valence electrons. The Morgan fingerprint density at radius 1 is 1.24 bits per heavy atom. The maximum Gasteiger partial charge on any atom is 0.253 e. The van der Waals surface area contributed by atoms with E-state index in [0.717, 1.165) is 48.0 Å². The van der Waals surface area contributed by atoms with Crippen LogP contribution >= 0.6 is 0 Å². The number of aryl methyl sites for hydroxylation is 2. The summed E-state index contributed by atoms with van der Waals surface area (Å²) in [5.74, 6) is 0.335. The maximum atomic E-state index is 12.9. The van der Waals surface area contributed by atoms with Crippen LogP contribution in [0.2, 0.25) is 0 Å². The van der Waals surface area contributed by atoms with E-state index in [2.05, 4.69) is 30.8 Å². The molecule has 0 bridgehead atoms. The topological polar surface area (TPSA) is 116 Å². The Bertz CT molecular complexity index is 1000. The number of fused-ring (bicyclic) bond motifs is 1. The van der Waals surface area contributed by atoms with Crippen LogP contribution in [0.25, 0.3) is 10.9 Å². The fraction of sp³-hybridized carbons (Fsp3) is 0.429. The van der Waals surface area contributed by atoms with Gasteiger partial charge in [-0.2, -0.15) is 5.10 Å². The van der Waals surface area contributed by atoms with Crippen molar-refractivity contribution < 1.29 is 9.90 Å². The van der Waals surface area contributed by atoms with Crippen molar-refractivity contribution in [2.24, 2.45) is 0 Å². The summed E-state index contributed by atoms with van der Waals surface area (Å²) in [6.45, 7) is 4.26. The summed E-state index contributed by atoms with van der Waals surface area (Å²) in [6, 6.07) is 5.76. The first-order valence-corrected chi connectivity index (χ1v) is 10.0. The van der Waals surface area contributed by atoms with E-state index in [-0.39, 0.29) is 18.1 Å². The number of nitrogens with zero attached hydrogens (tertiary/aromatic N) is 3. The molecule has 0 atom stereocenters. The predicted octanol–water partition coefficient (Wildman–Crippen LogP) is 2.62. The van der Waals surface area contributed by atoms with Gasteiger partial charge in [0.25, 0.3) is 5.91 Å². The summed E-state index contributed by atoms with van der Waals surface area (Å²) in [4.78, 5) is 21.9. The zero-order valence-electron chi connectivity index (χ0n) is 16.7. The average molecular weight is 394 g/mol. The number of H-pyrrole nitrogens is 1. The third-order valence-corrected chi connectivity index (χ3v) is 5.59. The highest BCUT2D eigenvalue weighted by molar-refractivity contribution is 6.05. The van der Waals surface area contributed by atoms with Crippen LogP contribution in [-0.4, -0.2) is 43.3 Å². The fourth-order valence-corrected chi connectivity index (χ4v) is 3.81. The van der Waals surface area contributed by atoms with Gasteiger partial charge in [-0.25, -0.2) is 9.97 Å². The Morgan fingerprint density at radius 3 is 2.76 bits per heavy atom. The SMILES string of the molecule is Cc1n[nH]c(C)c1CNC(=O)c1cccc2cnc(NC3CCC(O)CC3)nc12. The van der Waals surface area contributed by atoms with Crippen molar-refractivity contribution in [2.45, 2.75) is 58.2 Å². The second kappa shape index (κ2) is 8.16. The van der Waals surface area contributed by atoms with Crippen molar-refractivity contribution in [3.05, 3.63) is 46.9 Å². The summed E-state index contributed by atoms with van der Waals surface area (Å²) < 4.78 is 0. The third-order valence-electron chi connectivity index (χ3n) is 5.59. The molecule has 4 rings (SSSR count). The molecule has 2 aromatic heterocycles. The van der Waals surface area contributed by atoms with Gasteiger partial charge in [0.2, 0.25) is 5.95 Å². The number of aliphatic hydroxyl groups excluding tert-OH is 1. The zero-order chi connectivity index (χ0) is 20.4. The number of para-hydroxylation sites is 1. The van der Waals surface area contributed by atoms with E-state index in [9.17, 15) is 9.90 Å². The molecule has 2 heterocycles. The third kappa shape index (κ3) is 4.22. The number of aromatic nitrogens is 4. The van der Waals surface area contributed by atoms with Crippen LogP contribution < -0.4 is 10.6 Å². The summed E-state index contributed by atoms with van der Waals surface area (Å²) >= 11 is 0. The van der Waals surface area contributed by atoms with Crippen LogP contribution in [0.1, 0.15) is 53.0 Å². The zero-order valence-corrected chi connectivity index (χ0v) is 16.7. The standard InChI is InChI=1S/C21H26N6O2/c1-12-18(13(2)27-26-12)11-22-20(29)17-5-3-4-14-10-23-21(25-19(14)17)24-15-6-8-16(28)9-7-15/h3-5,10,15-16,28H,6-9,11H2,1-2H3,(H,22,29)(H,26,27)(H,23,24,25). The molecule has 1 aliphatic rings. The molecule has 0 spiro atoms. The number of anilines is 1. The maximum absolute atomic E-state index is 12.9. The number of aliphatic hydroxyl groups is 1. The number of carbonyl (C=O) groups excluding carboxylic acids is 1. The van der Waals surface area contributed by atoms with Gasteiger partial charge in [0.1, 0.15) is 0 Å². The lowest BCUT2D eigenvalue weighted by molar-refractivity contribution is 0.0952. The Morgan fingerprint density at radius 2 is 2.03 bits per heavy atom. The van der Waals surface area contributed by atoms with Crippen molar-refractivity contribution in [1.29, 1.82) is 0 Å². The highest BCUT2D eigenvalue weighted by Gasteiger charge is 2.20. The molecule has 29 heavy (non-hydrogen) atoms. The van der Waals surface area contributed by atoms with Gasteiger partial charge in [0.05, 0.1) is 22.9 Å². The highest BCUT2D eigenvalue weighted by Crippen LogP contribution is 2.23. The molecule has 8 heteroatoms.